The number of halogens is 3. The van der Waals surface area contributed by atoms with Gasteiger partial charge in [0.05, 0.1) is 10.9 Å². The summed E-state index contributed by atoms with van der Waals surface area (Å²) in [5, 5.41) is 0.445. The number of aromatic amines is 1. The van der Waals surface area contributed by atoms with Crippen LogP contribution in [0.4, 0.5) is 13.2 Å². The van der Waals surface area contributed by atoms with Crippen molar-refractivity contribution >= 4 is 10.9 Å². The zero-order valence-corrected chi connectivity index (χ0v) is 11.7. The first kappa shape index (κ1) is 15.1. The molecule has 0 fully saturated rings. The number of aromatic nitrogens is 2. The van der Waals surface area contributed by atoms with E-state index in [1.165, 1.54) is 18.2 Å². The van der Waals surface area contributed by atoms with Gasteiger partial charge in [-0.1, -0.05) is 24.3 Å². The third-order valence-corrected chi connectivity index (χ3v) is 3.12. The van der Waals surface area contributed by atoms with Crippen molar-refractivity contribution in [1.82, 2.24) is 9.97 Å². The number of ether oxygens (including phenoxy) is 1. The molecule has 0 bridgehead atoms. The van der Waals surface area contributed by atoms with E-state index in [1.54, 1.807) is 30.3 Å². The van der Waals surface area contributed by atoms with E-state index < -0.39 is 12.8 Å². The standard InChI is InChI=1S/C16H11F3N2O2/c17-16(18,19)9-23-11-5-3-4-10(8-11)14-20-13-7-2-1-6-12(13)15(22)21-14/h1-8H,9H2,(H,20,21,22). The van der Waals surface area contributed by atoms with Crippen LogP contribution in [-0.4, -0.2) is 22.8 Å². The second-order valence-corrected chi connectivity index (χ2v) is 4.86. The van der Waals surface area contributed by atoms with E-state index in [1.807, 2.05) is 0 Å². The van der Waals surface area contributed by atoms with Crippen molar-refractivity contribution in [2.45, 2.75) is 6.18 Å². The average Bonchev–Trinajstić information content (AvgIpc) is 2.53. The van der Waals surface area contributed by atoms with Crippen molar-refractivity contribution in [2.24, 2.45) is 0 Å². The summed E-state index contributed by atoms with van der Waals surface area (Å²) in [6.07, 6.45) is -4.41. The molecule has 0 aliphatic heterocycles. The predicted octanol–water partition coefficient (Wildman–Crippen LogP) is 3.53. The number of para-hydroxylation sites is 1. The first-order valence-corrected chi connectivity index (χ1v) is 6.71. The minimum Gasteiger partial charge on any atom is -0.484 e. The van der Waals surface area contributed by atoms with Crippen molar-refractivity contribution < 1.29 is 17.9 Å². The largest absolute Gasteiger partial charge is 0.484 e. The Bertz CT molecular complexity index is 903. The zero-order valence-electron chi connectivity index (χ0n) is 11.7. The van der Waals surface area contributed by atoms with Gasteiger partial charge >= 0.3 is 6.18 Å². The van der Waals surface area contributed by atoms with Crippen LogP contribution < -0.4 is 10.3 Å². The summed E-state index contributed by atoms with van der Waals surface area (Å²) in [4.78, 5) is 19.0. The fraction of sp³-hybridized carbons (Fsp3) is 0.125. The van der Waals surface area contributed by atoms with Gasteiger partial charge in [-0.2, -0.15) is 13.2 Å². The molecule has 1 heterocycles. The number of alkyl halides is 3. The van der Waals surface area contributed by atoms with Gasteiger partial charge in [-0.3, -0.25) is 4.79 Å². The Morgan fingerprint density at radius 3 is 2.65 bits per heavy atom. The number of fused-ring (bicyclic) bond motifs is 1. The van der Waals surface area contributed by atoms with Gasteiger partial charge < -0.3 is 9.72 Å². The Hall–Kier alpha value is -2.83. The van der Waals surface area contributed by atoms with E-state index in [2.05, 4.69) is 9.97 Å². The van der Waals surface area contributed by atoms with Crippen molar-refractivity contribution in [3.05, 3.63) is 58.9 Å². The smallest absolute Gasteiger partial charge is 0.422 e. The van der Waals surface area contributed by atoms with E-state index in [0.29, 0.717) is 16.5 Å². The van der Waals surface area contributed by atoms with Gasteiger partial charge in [0.1, 0.15) is 11.6 Å². The molecule has 1 N–H and O–H groups in total. The van der Waals surface area contributed by atoms with Crippen LogP contribution in [0.2, 0.25) is 0 Å². The van der Waals surface area contributed by atoms with Gasteiger partial charge in [-0.15, -0.1) is 0 Å². The number of nitrogens with one attached hydrogen (secondary N) is 1. The number of hydrogen-bond donors (Lipinski definition) is 1. The molecule has 0 amide bonds. The van der Waals surface area contributed by atoms with Crippen LogP contribution in [-0.2, 0) is 0 Å². The van der Waals surface area contributed by atoms with E-state index in [-0.39, 0.29) is 17.1 Å². The highest BCUT2D eigenvalue weighted by Gasteiger charge is 2.28. The molecule has 3 rings (SSSR count). The molecule has 0 aliphatic carbocycles. The molecule has 0 saturated carbocycles. The van der Waals surface area contributed by atoms with Gasteiger partial charge in [0.25, 0.3) is 5.56 Å². The fourth-order valence-electron chi connectivity index (χ4n) is 2.12. The highest BCUT2D eigenvalue weighted by molar-refractivity contribution is 5.79. The molecule has 118 valence electrons. The maximum absolute atomic E-state index is 12.2. The molecule has 0 radical (unpaired) electrons. The number of H-pyrrole nitrogens is 1. The maximum Gasteiger partial charge on any atom is 0.422 e. The molecule has 0 atom stereocenters. The maximum atomic E-state index is 12.2. The Labute approximate surface area is 128 Å². The quantitative estimate of drug-likeness (QED) is 0.803. The Morgan fingerprint density at radius 1 is 1.09 bits per heavy atom. The third-order valence-electron chi connectivity index (χ3n) is 3.12. The number of nitrogens with zero attached hydrogens (tertiary/aromatic N) is 1. The minimum atomic E-state index is -4.41. The summed E-state index contributed by atoms with van der Waals surface area (Å²) < 4.78 is 41.3. The monoisotopic (exact) mass is 320 g/mol. The summed E-state index contributed by atoms with van der Waals surface area (Å²) in [6, 6.07) is 12.8. The SMILES string of the molecule is O=c1[nH]c(-c2cccc(OCC(F)(F)F)c2)nc2ccccc12. The number of rotatable bonds is 3. The summed E-state index contributed by atoms with van der Waals surface area (Å²) in [6.45, 7) is -1.38. The number of benzene rings is 2. The molecule has 4 nitrogen and oxygen atoms in total. The van der Waals surface area contributed by atoms with Gasteiger partial charge in [0, 0.05) is 5.56 Å². The Kier molecular flexibility index (Phi) is 3.77. The lowest BCUT2D eigenvalue weighted by Gasteiger charge is -2.10. The van der Waals surface area contributed by atoms with Crippen molar-refractivity contribution in [1.29, 1.82) is 0 Å². The molecule has 0 aliphatic rings. The van der Waals surface area contributed by atoms with Crippen molar-refractivity contribution in [3.63, 3.8) is 0 Å². The highest BCUT2D eigenvalue weighted by Crippen LogP contribution is 2.23. The topological polar surface area (TPSA) is 55.0 Å². The summed E-state index contributed by atoms with van der Waals surface area (Å²) in [5.74, 6) is 0.321. The lowest BCUT2D eigenvalue weighted by atomic mass is 10.2. The molecule has 23 heavy (non-hydrogen) atoms. The molecule has 0 saturated heterocycles. The molecule has 3 aromatic rings. The highest BCUT2D eigenvalue weighted by atomic mass is 19.4. The summed E-state index contributed by atoms with van der Waals surface area (Å²) >= 11 is 0. The van der Waals surface area contributed by atoms with Gasteiger partial charge in [0.15, 0.2) is 6.61 Å². The van der Waals surface area contributed by atoms with Crippen LogP contribution in [0.15, 0.2) is 53.3 Å². The lowest BCUT2D eigenvalue weighted by molar-refractivity contribution is -0.153. The van der Waals surface area contributed by atoms with Crippen LogP contribution in [0.25, 0.3) is 22.3 Å². The van der Waals surface area contributed by atoms with Crippen LogP contribution >= 0.6 is 0 Å². The van der Waals surface area contributed by atoms with Gasteiger partial charge in [0.2, 0.25) is 0 Å². The second kappa shape index (κ2) is 5.75. The van der Waals surface area contributed by atoms with E-state index >= 15 is 0 Å². The van der Waals surface area contributed by atoms with Crippen LogP contribution in [0.3, 0.4) is 0 Å². The Balaban J connectivity index is 1.97. The minimum absolute atomic E-state index is 0.0515. The molecule has 7 heteroatoms. The average molecular weight is 320 g/mol. The van der Waals surface area contributed by atoms with E-state index in [9.17, 15) is 18.0 Å². The Morgan fingerprint density at radius 2 is 1.87 bits per heavy atom. The molecule has 0 spiro atoms. The fourth-order valence-corrected chi connectivity index (χ4v) is 2.12. The number of hydrogen-bond acceptors (Lipinski definition) is 3. The first-order chi connectivity index (χ1) is 10.9. The van der Waals surface area contributed by atoms with Crippen LogP contribution in [0.1, 0.15) is 0 Å². The normalized spacial score (nSPS) is 11.6. The second-order valence-electron chi connectivity index (χ2n) is 4.86. The van der Waals surface area contributed by atoms with Crippen molar-refractivity contribution in [2.75, 3.05) is 6.61 Å². The zero-order chi connectivity index (χ0) is 16.4. The van der Waals surface area contributed by atoms with Gasteiger partial charge in [-0.25, -0.2) is 4.98 Å². The molecular formula is C16H11F3N2O2. The molecular weight excluding hydrogens is 309 g/mol. The molecule has 2 aromatic carbocycles. The lowest BCUT2D eigenvalue weighted by Crippen LogP contribution is -2.19. The van der Waals surface area contributed by atoms with Gasteiger partial charge in [-0.05, 0) is 24.3 Å². The van der Waals surface area contributed by atoms with E-state index in [4.69, 9.17) is 4.74 Å². The summed E-state index contributed by atoms with van der Waals surface area (Å²) in [7, 11) is 0. The summed E-state index contributed by atoms with van der Waals surface area (Å²) in [5.41, 5.74) is 0.660. The van der Waals surface area contributed by atoms with E-state index in [0.717, 1.165) is 0 Å². The van der Waals surface area contributed by atoms with Crippen molar-refractivity contribution in [3.8, 4) is 17.1 Å². The van der Waals surface area contributed by atoms with Crippen LogP contribution in [0.5, 0.6) is 5.75 Å². The molecule has 1 aromatic heterocycles. The third kappa shape index (κ3) is 3.50. The molecule has 0 unspecified atom stereocenters. The predicted molar refractivity (Wildman–Crippen MR) is 79.3 cm³/mol. The van der Waals surface area contributed by atoms with Crippen LogP contribution in [0, 0.1) is 0 Å². The first-order valence-electron chi connectivity index (χ1n) is 6.71.